The van der Waals surface area contributed by atoms with Gasteiger partial charge in [0, 0.05) is 5.56 Å². The lowest BCUT2D eigenvalue weighted by Crippen LogP contribution is -2.11. The molecule has 1 atom stereocenters. The zero-order valence-electron chi connectivity index (χ0n) is 10.8. The van der Waals surface area contributed by atoms with Crippen molar-refractivity contribution in [3.8, 4) is 17.0 Å². The predicted octanol–water partition coefficient (Wildman–Crippen LogP) is 2.29. The van der Waals surface area contributed by atoms with Gasteiger partial charge in [0.15, 0.2) is 0 Å². The molecule has 0 amide bonds. The van der Waals surface area contributed by atoms with Crippen LogP contribution in [-0.2, 0) is 4.74 Å². The average molecular weight is 258 g/mol. The fourth-order valence-electron chi connectivity index (χ4n) is 2.26. The second kappa shape index (κ2) is 4.42. The number of methoxy groups -OCH3 is 1. The lowest BCUT2D eigenvalue weighted by Gasteiger charge is -2.11. The Morgan fingerprint density at radius 2 is 2.37 bits per heavy atom. The molecule has 5 heteroatoms. The van der Waals surface area contributed by atoms with Crippen LogP contribution in [-0.4, -0.2) is 29.2 Å². The molecule has 0 saturated heterocycles. The van der Waals surface area contributed by atoms with Crippen LogP contribution in [0.5, 0.6) is 5.75 Å². The van der Waals surface area contributed by atoms with Gasteiger partial charge in [-0.05, 0) is 25.1 Å². The summed E-state index contributed by atoms with van der Waals surface area (Å²) in [5.74, 6) is 0.407. The average Bonchev–Trinajstić information content (AvgIpc) is 2.88. The second-order valence-electron chi connectivity index (χ2n) is 4.55. The first-order valence-corrected chi connectivity index (χ1v) is 6.08. The lowest BCUT2D eigenvalue weighted by atomic mass is 10.1. The third kappa shape index (κ3) is 1.87. The maximum atomic E-state index is 11.6. The summed E-state index contributed by atoms with van der Waals surface area (Å²) in [6, 6.07) is 5.50. The van der Waals surface area contributed by atoms with Gasteiger partial charge in [-0.3, -0.25) is 0 Å². The molecule has 1 aromatic heterocycles. The molecule has 5 nitrogen and oxygen atoms in total. The smallest absolute Gasteiger partial charge is 0.337 e. The molecule has 19 heavy (non-hydrogen) atoms. The lowest BCUT2D eigenvalue weighted by molar-refractivity contribution is 0.0601. The van der Waals surface area contributed by atoms with Gasteiger partial charge in [-0.1, -0.05) is 0 Å². The number of aromatic nitrogens is 2. The van der Waals surface area contributed by atoms with Crippen LogP contribution >= 0.6 is 0 Å². The van der Waals surface area contributed by atoms with Crippen LogP contribution in [0, 0.1) is 0 Å². The van der Waals surface area contributed by atoms with E-state index in [1.807, 2.05) is 4.57 Å². The molecule has 0 fully saturated rings. The van der Waals surface area contributed by atoms with Crippen LogP contribution < -0.4 is 4.74 Å². The van der Waals surface area contributed by atoms with Gasteiger partial charge in [-0.25, -0.2) is 9.78 Å². The monoisotopic (exact) mass is 258 g/mol. The molecular weight excluding hydrogens is 244 g/mol. The van der Waals surface area contributed by atoms with Crippen molar-refractivity contribution < 1.29 is 14.3 Å². The molecule has 1 aliphatic rings. The van der Waals surface area contributed by atoms with Crippen LogP contribution in [0.2, 0.25) is 0 Å². The van der Waals surface area contributed by atoms with E-state index in [0.29, 0.717) is 12.2 Å². The van der Waals surface area contributed by atoms with E-state index in [1.165, 1.54) is 7.11 Å². The van der Waals surface area contributed by atoms with E-state index in [0.717, 1.165) is 17.0 Å². The van der Waals surface area contributed by atoms with E-state index in [4.69, 9.17) is 9.47 Å². The molecule has 0 saturated carbocycles. The second-order valence-corrected chi connectivity index (χ2v) is 4.55. The van der Waals surface area contributed by atoms with Crippen LogP contribution in [0.1, 0.15) is 23.3 Å². The number of benzene rings is 1. The van der Waals surface area contributed by atoms with E-state index in [2.05, 4.69) is 11.9 Å². The SMILES string of the molecule is COC(=O)c1ccc2c(c1)-c1cncn1C(C)CO2. The summed E-state index contributed by atoms with van der Waals surface area (Å²) in [5.41, 5.74) is 2.32. The minimum absolute atomic E-state index is 0.200. The highest BCUT2D eigenvalue weighted by Crippen LogP contribution is 2.35. The number of esters is 1. The summed E-state index contributed by atoms with van der Waals surface area (Å²) in [6.07, 6.45) is 3.56. The minimum Gasteiger partial charge on any atom is -0.491 e. The predicted molar refractivity (Wildman–Crippen MR) is 69.2 cm³/mol. The number of imidazole rings is 1. The number of nitrogens with zero attached hydrogens (tertiary/aromatic N) is 2. The number of carbonyl (C=O) groups excluding carboxylic acids is 1. The minimum atomic E-state index is -0.355. The van der Waals surface area contributed by atoms with Gasteiger partial charge in [0.1, 0.15) is 12.4 Å². The highest BCUT2D eigenvalue weighted by molar-refractivity contribution is 5.91. The Labute approximate surface area is 110 Å². The normalized spacial score (nSPS) is 16.8. The Balaban J connectivity index is 2.17. The molecule has 0 aliphatic carbocycles. The molecule has 0 spiro atoms. The standard InChI is InChI=1S/C14H14N2O3/c1-9-7-19-13-4-3-10(14(17)18-2)5-11(13)12-6-15-8-16(9)12/h3-6,8-9H,7H2,1-2H3. The van der Waals surface area contributed by atoms with E-state index in [-0.39, 0.29) is 12.0 Å². The van der Waals surface area contributed by atoms with Crippen LogP contribution in [0.3, 0.4) is 0 Å². The molecule has 0 radical (unpaired) electrons. The van der Waals surface area contributed by atoms with E-state index in [1.54, 1.807) is 30.7 Å². The van der Waals surface area contributed by atoms with Gasteiger partial charge in [-0.15, -0.1) is 0 Å². The Morgan fingerprint density at radius 1 is 1.53 bits per heavy atom. The molecular formula is C14H14N2O3. The van der Waals surface area contributed by atoms with E-state index >= 15 is 0 Å². The number of hydrogen-bond donors (Lipinski definition) is 0. The molecule has 1 unspecified atom stereocenters. The summed E-state index contributed by atoms with van der Waals surface area (Å²) in [4.78, 5) is 15.8. The first-order chi connectivity index (χ1) is 9.20. The van der Waals surface area contributed by atoms with Gasteiger partial charge in [-0.2, -0.15) is 0 Å². The summed E-state index contributed by atoms with van der Waals surface area (Å²) in [5, 5.41) is 0. The highest BCUT2D eigenvalue weighted by Gasteiger charge is 2.21. The van der Waals surface area contributed by atoms with Crippen LogP contribution in [0.25, 0.3) is 11.3 Å². The molecule has 98 valence electrons. The van der Waals surface area contributed by atoms with Crippen molar-refractivity contribution in [2.75, 3.05) is 13.7 Å². The van der Waals surface area contributed by atoms with Crippen molar-refractivity contribution in [2.24, 2.45) is 0 Å². The summed E-state index contributed by atoms with van der Waals surface area (Å²) < 4.78 is 12.6. The Hall–Kier alpha value is -2.30. The molecule has 0 N–H and O–H groups in total. The van der Waals surface area contributed by atoms with Crippen molar-refractivity contribution >= 4 is 5.97 Å². The number of carbonyl (C=O) groups is 1. The fourth-order valence-corrected chi connectivity index (χ4v) is 2.26. The van der Waals surface area contributed by atoms with Gasteiger partial charge >= 0.3 is 5.97 Å². The summed E-state index contributed by atoms with van der Waals surface area (Å²) in [7, 11) is 1.37. The zero-order chi connectivity index (χ0) is 13.4. The van der Waals surface area contributed by atoms with Crippen LogP contribution in [0.15, 0.2) is 30.7 Å². The quantitative estimate of drug-likeness (QED) is 0.736. The largest absolute Gasteiger partial charge is 0.491 e. The van der Waals surface area contributed by atoms with Gasteiger partial charge in [0.25, 0.3) is 0 Å². The van der Waals surface area contributed by atoms with Crippen molar-refractivity contribution in [3.05, 3.63) is 36.3 Å². The zero-order valence-corrected chi connectivity index (χ0v) is 10.8. The summed E-state index contributed by atoms with van der Waals surface area (Å²) in [6.45, 7) is 2.65. The number of rotatable bonds is 1. The molecule has 1 aromatic carbocycles. The van der Waals surface area contributed by atoms with Crippen LogP contribution in [0.4, 0.5) is 0 Å². The van der Waals surface area contributed by atoms with Gasteiger partial charge in [0.05, 0.1) is 36.9 Å². The first kappa shape index (κ1) is 11.8. The van der Waals surface area contributed by atoms with Crippen molar-refractivity contribution in [1.29, 1.82) is 0 Å². The molecule has 3 rings (SSSR count). The van der Waals surface area contributed by atoms with Crippen molar-refractivity contribution in [1.82, 2.24) is 9.55 Å². The number of hydrogen-bond acceptors (Lipinski definition) is 4. The Kier molecular flexibility index (Phi) is 2.74. The van der Waals surface area contributed by atoms with Crippen molar-refractivity contribution in [3.63, 3.8) is 0 Å². The molecule has 2 heterocycles. The first-order valence-electron chi connectivity index (χ1n) is 6.08. The Bertz CT molecular complexity index is 633. The summed E-state index contributed by atoms with van der Waals surface area (Å²) >= 11 is 0. The maximum Gasteiger partial charge on any atom is 0.337 e. The molecule has 2 aromatic rings. The topological polar surface area (TPSA) is 53.3 Å². The number of ether oxygens (including phenoxy) is 2. The maximum absolute atomic E-state index is 11.6. The highest BCUT2D eigenvalue weighted by atomic mass is 16.5. The van der Waals surface area contributed by atoms with E-state index < -0.39 is 0 Å². The number of fused-ring (bicyclic) bond motifs is 3. The third-order valence-corrected chi connectivity index (χ3v) is 3.30. The third-order valence-electron chi connectivity index (χ3n) is 3.30. The molecule has 1 aliphatic heterocycles. The van der Waals surface area contributed by atoms with E-state index in [9.17, 15) is 4.79 Å². The van der Waals surface area contributed by atoms with Gasteiger partial charge in [0.2, 0.25) is 0 Å². The van der Waals surface area contributed by atoms with Crippen molar-refractivity contribution in [2.45, 2.75) is 13.0 Å². The molecule has 0 bridgehead atoms. The van der Waals surface area contributed by atoms with Gasteiger partial charge < -0.3 is 14.0 Å². The Morgan fingerprint density at radius 3 is 3.16 bits per heavy atom. The fraction of sp³-hybridized carbons (Fsp3) is 0.286.